The van der Waals surface area contributed by atoms with Crippen molar-refractivity contribution in [3.63, 3.8) is 0 Å². The maximum atomic E-state index is 13.8. The van der Waals surface area contributed by atoms with E-state index in [2.05, 4.69) is 15.8 Å². The van der Waals surface area contributed by atoms with Gasteiger partial charge in [0.2, 0.25) is 0 Å². The van der Waals surface area contributed by atoms with Gasteiger partial charge >= 0.3 is 0 Å². The molecule has 0 fully saturated rings. The minimum Gasteiger partial charge on any atom is -0.322 e. The Morgan fingerprint density at radius 2 is 1.59 bits per heavy atom. The van der Waals surface area contributed by atoms with Crippen LogP contribution in [0, 0.1) is 12.7 Å². The average molecular weight is 389 g/mol. The normalized spacial score (nSPS) is 11.1. The Morgan fingerprint density at radius 3 is 2.31 bits per heavy atom. The van der Waals surface area contributed by atoms with Crippen molar-refractivity contribution in [2.24, 2.45) is 5.10 Å². The van der Waals surface area contributed by atoms with Crippen molar-refractivity contribution in [1.82, 2.24) is 5.43 Å². The van der Waals surface area contributed by atoms with Crippen LogP contribution in [0.5, 0.6) is 0 Å². The van der Waals surface area contributed by atoms with Crippen LogP contribution in [0.4, 0.5) is 10.1 Å². The SMILES string of the molecule is C/C(=N\NC(=O)c1ccc(C)cc1)c1cccc(NC(=O)c2ccccc2F)c1. The van der Waals surface area contributed by atoms with E-state index in [4.69, 9.17) is 0 Å². The van der Waals surface area contributed by atoms with Crippen molar-refractivity contribution in [3.05, 3.63) is 101 Å². The molecule has 0 radical (unpaired) electrons. The van der Waals surface area contributed by atoms with Crippen molar-refractivity contribution in [2.45, 2.75) is 13.8 Å². The molecular weight excluding hydrogens is 369 g/mol. The van der Waals surface area contributed by atoms with Gasteiger partial charge in [-0.15, -0.1) is 0 Å². The quantitative estimate of drug-likeness (QED) is 0.497. The Labute approximate surface area is 168 Å². The van der Waals surface area contributed by atoms with E-state index < -0.39 is 11.7 Å². The lowest BCUT2D eigenvalue weighted by atomic mass is 10.1. The number of halogens is 1. The van der Waals surface area contributed by atoms with Gasteiger partial charge in [-0.1, -0.05) is 42.0 Å². The minimum absolute atomic E-state index is 0.0337. The largest absolute Gasteiger partial charge is 0.322 e. The molecule has 0 spiro atoms. The van der Waals surface area contributed by atoms with Gasteiger partial charge in [-0.05, 0) is 55.8 Å². The van der Waals surface area contributed by atoms with Gasteiger partial charge < -0.3 is 5.32 Å². The highest BCUT2D eigenvalue weighted by atomic mass is 19.1. The number of hydrogen-bond acceptors (Lipinski definition) is 3. The van der Waals surface area contributed by atoms with Crippen LogP contribution >= 0.6 is 0 Å². The first-order valence-corrected chi connectivity index (χ1v) is 9.01. The molecule has 0 aromatic heterocycles. The fourth-order valence-corrected chi connectivity index (χ4v) is 2.63. The fourth-order valence-electron chi connectivity index (χ4n) is 2.63. The van der Waals surface area contributed by atoms with Gasteiger partial charge in [0.05, 0.1) is 11.3 Å². The second-order valence-corrected chi connectivity index (χ2v) is 6.52. The van der Waals surface area contributed by atoms with Gasteiger partial charge in [-0.2, -0.15) is 5.10 Å². The third-order valence-electron chi connectivity index (χ3n) is 4.30. The highest BCUT2D eigenvalue weighted by molar-refractivity contribution is 6.06. The Hall–Kier alpha value is -3.80. The molecule has 0 saturated carbocycles. The monoisotopic (exact) mass is 389 g/mol. The summed E-state index contributed by atoms with van der Waals surface area (Å²) < 4.78 is 13.8. The first-order chi connectivity index (χ1) is 13.9. The Balaban J connectivity index is 1.70. The number of benzene rings is 3. The number of aryl methyl sites for hydroxylation is 1. The number of anilines is 1. The van der Waals surface area contributed by atoms with Gasteiger partial charge in [0.15, 0.2) is 0 Å². The summed E-state index contributed by atoms with van der Waals surface area (Å²) in [6.07, 6.45) is 0. The smallest absolute Gasteiger partial charge is 0.271 e. The van der Waals surface area contributed by atoms with Crippen LogP contribution in [0.1, 0.15) is 38.8 Å². The van der Waals surface area contributed by atoms with E-state index in [0.29, 0.717) is 22.5 Å². The summed E-state index contributed by atoms with van der Waals surface area (Å²) >= 11 is 0. The topological polar surface area (TPSA) is 70.6 Å². The number of hydrogen-bond donors (Lipinski definition) is 2. The van der Waals surface area contributed by atoms with E-state index in [9.17, 15) is 14.0 Å². The molecule has 2 amide bonds. The van der Waals surface area contributed by atoms with Crippen molar-refractivity contribution in [3.8, 4) is 0 Å². The van der Waals surface area contributed by atoms with Crippen molar-refractivity contribution < 1.29 is 14.0 Å². The van der Waals surface area contributed by atoms with E-state index in [0.717, 1.165) is 5.56 Å². The third kappa shape index (κ3) is 5.13. The molecule has 0 aliphatic heterocycles. The molecule has 29 heavy (non-hydrogen) atoms. The summed E-state index contributed by atoms with van der Waals surface area (Å²) in [7, 11) is 0. The van der Waals surface area contributed by atoms with Gasteiger partial charge in [0.1, 0.15) is 5.82 Å². The first kappa shape index (κ1) is 19.9. The van der Waals surface area contributed by atoms with Crippen LogP contribution in [-0.2, 0) is 0 Å². The molecular formula is C23H20FN3O2. The third-order valence-corrected chi connectivity index (χ3v) is 4.30. The second-order valence-electron chi connectivity index (χ2n) is 6.52. The molecule has 3 aromatic carbocycles. The molecule has 0 aliphatic rings. The molecule has 0 saturated heterocycles. The lowest BCUT2D eigenvalue weighted by molar-refractivity contribution is 0.0954. The molecule has 0 heterocycles. The molecule has 0 unspecified atom stereocenters. The second kappa shape index (κ2) is 8.93. The fraction of sp³-hybridized carbons (Fsp3) is 0.0870. The molecule has 5 nitrogen and oxygen atoms in total. The maximum absolute atomic E-state index is 13.8. The summed E-state index contributed by atoms with van der Waals surface area (Å²) in [6.45, 7) is 3.69. The Kier molecular flexibility index (Phi) is 6.14. The number of hydrazone groups is 1. The van der Waals surface area contributed by atoms with Crippen LogP contribution in [0.2, 0.25) is 0 Å². The van der Waals surface area contributed by atoms with Gasteiger partial charge in [-0.25, -0.2) is 9.82 Å². The van der Waals surface area contributed by atoms with E-state index in [1.807, 2.05) is 19.1 Å². The highest BCUT2D eigenvalue weighted by Gasteiger charge is 2.11. The lowest BCUT2D eigenvalue weighted by Crippen LogP contribution is -2.19. The van der Waals surface area contributed by atoms with Crippen LogP contribution < -0.4 is 10.7 Å². The summed E-state index contributed by atoms with van der Waals surface area (Å²) in [4.78, 5) is 24.5. The predicted molar refractivity (Wildman–Crippen MR) is 112 cm³/mol. The van der Waals surface area contributed by atoms with Crippen LogP contribution in [0.25, 0.3) is 0 Å². The number of rotatable bonds is 5. The zero-order chi connectivity index (χ0) is 20.8. The Bertz CT molecular complexity index is 1080. The van der Waals surface area contributed by atoms with Gasteiger partial charge in [0.25, 0.3) is 11.8 Å². The molecule has 3 rings (SSSR count). The van der Waals surface area contributed by atoms with Crippen LogP contribution in [0.3, 0.4) is 0 Å². The van der Waals surface area contributed by atoms with Crippen molar-refractivity contribution in [1.29, 1.82) is 0 Å². The first-order valence-electron chi connectivity index (χ1n) is 9.01. The molecule has 146 valence electrons. The summed E-state index contributed by atoms with van der Waals surface area (Å²) in [5, 5.41) is 6.80. The summed E-state index contributed by atoms with van der Waals surface area (Å²) in [5.74, 6) is -1.44. The number of carbonyl (C=O) groups excluding carboxylic acids is 2. The number of amides is 2. The zero-order valence-electron chi connectivity index (χ0n) is 16.1. The van der Waals surface area contributed by atoms with Crippen molar-refractivity contribution in [2.75, 3.05) is 5.32 Å². The zero-order valence-corrected chi connectivity index (χ0v) is 16.1. The van der Waals surface area contributed by atoms with Crippen LogP contribution in [0.15, 0.2) is 77.9 Å². The van der Waals surface area contributed by atoms with Gasteiger partial charge in [0, 0.05) is 11.3 Å². The summed E-state index contributed by atoms with van der Waals surface area (Å²) in [6, 6.07) is 19.9. The number of nitrogens with one attached hydrogen (secondary N) is 2. The molecule has 6 heteroatoms. The van der Waals surface area contributed by atoms with E-state index in [1.54, 1.807) is 49.4 Å². The van der Waals surface area contributed by atoms with Gasteiger partial charge in [-0.3, -0.25) is 9.59 Å². The van der Waals surface area contributed by atoms with Crippen molar-refractivity contribution >= 4 is 23.2 Å². The van der Waals surface area contributed by atoms with Crippen LogP contribution in [-0.4, -0.2) is 17.5 Å². The molecule has 0 bridgehead atoms. The average Bonchev–Trinajstić information content (AvgIpc) is 2.72. The molecule has 0 aliphatic carbocycles. The Morgan fingerprint density at radius 1 is 0.862 bits per heavy atom. The maximum Gasteiger partial charge on any atom is 0.271 e. The number of carbonyl (C=O) groups is 2. The van der Waals surface area contributed by atoms with E-state index >= 15 is 0 Å². The predicted octanol–water partition coefficient (Wildman–Crippen LogP) is 4.54. The van der Waals surface area contributed by atoms with E-state index in [-0.39, 0.29) is 11.5 Å². The molecule has 0 atom stereocenters. The summed E-state index contributed by atoms with van der Waals surface area (Å²) in [5.41, 5.74) is 5.83. The number of nitrogens with zero attached hydrogens (tertiary/aromatic N) is 1. The lowest BCUT2D eigenvalue weighted by Gasteiger charge is -2.08. The molecule has 3 aromatic rings. The molecule has 2 N–H and O–H groups in total. The highest BCUT2D eigenvalue weighted by Crippen LogP contribution is 2.15. The minimum atomic E-state index is -0.585. The standard InChI is InChI=1S/C23H20FN3O2/c1-15-10-12-17(13-11-15)22(28)27-26-16(2)18-6-5-7-19(14-18)25-23(29)20-8-3-4-9-21(20)24/h3-14H,1-2H3,(H,25,29)(H,27,28)/b26-16+. The van der Waals surface area contributed by atoms with E-state index in [1.165, 1.54) is 18.2 Å².